The SMILES string of the molecule is C[C@@H]1c2cccn2CCN1C(=O)c1ccccc1. The van der Waals surface area contributed by atoms with Crippen LogP contribution in [0.5, 0.6) is 0 Å². The summed E-state index contributed by atoms with van der Waals surface area (Å²) >= 11 is 0. The molecule has 0 spiro atoms. The quantitative estimate of drug-likeness (QED) is 0.752. The molecule has 18 heavy (non-hydrogen) atoms. The van der Waals surface area contributed by atoms with E-state index >= 15 is 0 Å². The fraction of sp³-hybridized carbons (Fsp3) is 0.267. The molecule has 0 aliphatic carbocycles. The second-order valence-electron chi connectivity index (χ2n) is 4.67. The van der Waals surface area contributed by atoms with E-state index in [1.54, 1.807) is 0 Å². The average molecular weight is 240 g/mol. The number of fused-ring (bicyclic) bond motifs is 1. The lowest BCUT2D eigenvalue weighted by Crippen LogP contribution is -2.40. The topological polar surface area (TPSA) is 25.2 Å². The molecule has 1 aromatic heterocycles. The minimum absolute atomic E-state index is 0.121. The molecule has 0 N–H and O–H groups in total. The number of aromatic nitrogens is 1. The van der Waals surface area contributed by atoms with Gasteiger partial charge in [0.15, 0.2) is 0 Å². The van der Waals surface area contributed by atoms with Crippen molar-refractivity contribution >= 4 is 5.91 Å². The zero-order valence-electron chi connectivity index (χ0n) is 10.4. The molecule has 0 unspecified atom stereocenters. The molecule has 3 rings (SSSR count). The van der Waals surface area contributed by atoms with E-state index in [-0.39, 0.29) is 11.9 Å². The molecule has 0 saturated carbocycles. The largest absolute Gasteiger partial charge is 0.348 e. The first-order chi connectivity index (χ1) is 8.77. The van der Waals surface area contributed by atoms with E-state index in [1.807, 2.05) is 41.3 Å². The van der Waals surface area contributed by atoms with Crippen molar-refractivity contribution in [2.75, 3.05) is 6.54 Å². The van der Waals surface area contributed by atoms with Gasteiger partial charge in [-0.05, 0) is 31.2 Å². The highest BCUT2D eigenvalue weighted by Crippen LogP contribution is 2.26. The number of nitrogens with zero attached hydrogens (tertiary/aromatic N) is 2. The van der Waals surface area contributed by atoms with Gasteiger partial charge in [0.1, 0.15) is 0 Å². The van der Waals surface area contributed by atoms with E-state index in [1.165, 1.54) is 5.69 Å². The maximum atomic E-state index is 12.5. The Morgan fingerprint density at radius 2 is 1.89 bits per heavy atom. The summed E-state index contributed by atoms with van der Waals surface area (Å²) in [4.78, 5) is 14.4. The lowest BCUT2D eigenvalue weighted by Gasteiger charge is -2.35. The molecule has 1 aliphatic rings. The Bertz CT molecular complexity index is 559. The van der Waals surface area contributed by atoms with Gasteiger partial charge in [-0.2, -0.15) is 0 Å². The first-order valence-electron chi connectivity index (χ1n) is 6.28. The van der Waals surface area contributed by atoms with Gasteiger partial charge in [-0.1, -0.05) is 18.2 Å². The van der Waals surface area contributed by atoms with Crippen LogP contribution in [0.15, 0.2) is 48.7 Å². The summed E-state index contributed by atoms with van der Waals surface area (Å²) in [6.07, 6.45) is 2.08. The van der Waals surface area contributed by atoms with Gasteiger partial charge >= 0.3 is 0 Å². The van der Waals surface area contributed by atoms with Crippen LogP contribution in [0.1, 0.15) is 29.0 Å². The Labute approximate surface area is 107 Å². The lowest BCUT2D eigenvalue weighted by molar-refractivity contribution is 0.0644. The minimum atomic E-state index is 0.121. The Morgan fingerprint density at radius 1 is 1.11 bits per heavy atom. The number of carbonyl (C=O) groups excluding carboxylic acids is 1. The van der Waals surface area contributed by atoms with Crippen LogP contribution in [0.2, 0.25) is 0 Å². The molecule has 2 aromatic rings. The normalized spacial score (nSPS) is 18.5. The van der Waals surface area contributed by atoms with Gasteiger partial charge in [-0.25, -0.2) is 0 Å². The van der Waals surface area contributed by atoms with E-state index in [0.717, 1.165) is 18.7 Å². The molecule has 3 heteroatoms. The van der Waals surface area contributed by atoms with Crippen LogP contribution in [0.3, 0.4) is 0 Å². The molecule has 0 saturated heterocycles. The van der Waals surface area contributed by atoms with Crippen LogP contribution in [0.4, 0.5) is 0 Å². The van der Waals surface area contributed by atoms with Gasteiger partial charge in [0, 0.05) is 30.5 Å². The first kappa shape index (κ1) is 11.1. The minimum Gasteiger partial charge on any atom is -0.348 e. The average Bonchev–Trinajstić information content (AvgIpc) is 2.89. The van der Waals surface area contributed by atoms with Gasteiger partial charge < -0.3 is 9.47 Å². The van der Waals surface area contributed by atoms with Crippen molar-refractivity contribution in [3.8, 4) is 0 Å². The summed E-state index contributed by atoms with van der Waals surface area (Å²) in [6, 6.07) is 13.8. The van der Waals surface area contributed by atoms with Crippen molar-refractivity contribution in [3.63, 3.8) is 0 Å². The highest BCUT2D eigenvalue weighted by Gasteiger charge is 2.27. The van der Waals surface area contributed by atoms with Gasteiger partial charge in [-0.3, -0.25) is 4.79 Å². The summed E-state index contributed by atoms with van der Waals surface area (Å²) in [7, 11) is 0. The predicted molar refractivity (Wildman–Crippen MR) is 70.3 cm³/mol. The summed E-state index contributed by atoms with van der Waals surface area (Å²) in [6.45, 7) is 3.74. The van der Waals surface area contributed by atoms with E-state index in [4.69, 9.17) is 0 Å². The van der Waals surface area contributed by atoms with Crippen molar-refractivity contribution in [1.29, 1.82) is 0 Å². The summed E-state index contributed by atoms with van der Waals surface area (Å²) in [5, 5.41) is 0. The molecule has 3 nitrogen and oxygen atoms in total. The maximum Gasteiger partial charge on any atom is 0.254 e. The maximum absolute atomic E-state index is 12.5. The molecule has 1 amide bonds. The second-order valence-corrected chi connectivity index (χ2v) is 4.67. The second kappa shape index (κ2) is 4.33. The summed E-state index contributed by atoms with van der Waals surface area (Å²) < 4.78 is 2.22. The van der Waals surface area contributed by atoms with Crippen molar-refractivity contribution in [2.45, 2.75) is 19.5 Å². The third kappa shape index (κ3) is 1.72. The number of carbonyl (C=O) groups is 1. The first-order valence-corrected chi connectivity index (χ1v) is 6.28. The molecule has 92 valence electrons. The van der Waals surface area contributed by atoms with Crippen LogP contribution in [0.25, 0.3) is 0 Å². The molecule has 2 heterocycles. The van der Waals surface area contributed by atoms with Crippen LogP contribution < -0.4 is 0 Å². The Morgan fingerprint density at radius 3 is 2.67 bits per heavy atom. The van der Waals surface area contributed by atoms with E-state index < -0.39 is 0 Å². The third-order valence-corrected chi connectivity index (χ3v) is 3.62. The van der Waals surface area contributed by atoms with Gasteiger partial charge in [-0.15, -0.1) is 0 Å². The molecule has 1 aliphatic heterocycles. The Hall–Kier alpha value is -2.03. The van der Waals surface area contributed by atoms with E-state index in [9.17, 15) is 4.79 Å². The molecule has 0 bridgehead atoms. The molecule has 1 aromatic carbocycles. The lowest BCUT2D eigenvalue weighted by atomic mass is 10.1. The zero-order chi connectivity index (χ0) is 12.5. The van der Waals surface area contributed by atoms with Crippen molar-refractivity contribution in [2.24, 2.45) is 0 Å². The highest BCUT2D eigenvalue weighted by molar-refractivity contribution is 5.94. The number of hydrogen-bond acceptors (Lipinski definition) is 1. The van der Waals surface area contributed by atoms with Crippen LogP contribution >= 0.6 is 0 Å². The Balaban J connectivity index is 1.89. The third-order valence-electron chi connectivity index (χ3n) is 3.62. The molecule has 1 atom stereocenters. The smallest absolute Gasteiger partial charge is 0.254 e. The monoisotopic (exact) mass is 240 g/mol. The molecule has 0 radical (unpaired) electrons. The zero-order valence-corrected chi connectivity index (χ0v) is 10.4. The molecular formula is C15H16N2O. The number of hydrogen-bond donors (Lipinski definition) is 0. The van der Waals surface area contributed by atoms with E-state index in [2.05, 4.69) is 23.8 Å². The van der Waals surface area contributed by atoms with Crippen molar-refractivity contribution in [3.05, 3.63) is 59.9 Å². The fourth-order valence-corrected chi connectivity index (χ4v) is 2.60. The van der Waals surface area contributed by atoms with Crippen molar-refractivity contribution in [1.82, 2.24) is 9.47 Å². The van der Waals surface area contributed by atoms with Gasteiger partial charge in [0.25, 0.3) is 5.91 Å². The van der Waals surface area contributed by atoms with Crippen LogP contribution in [-0.2, 0) is 6.54 Å². The fourth-order valence-electron chi connectivity index (χ4n) is 2.60. The van der Waals surface area contributed by atoms with Gasteiger partial charge in [0.2, 0.25) is 0 Å². The van der Waals surface area contributed by atoms with Gasteiger partial charge in [0.05, 0.1) is 6.04 Å². The standard InChI is InChI=1S/C15H16N2O/c1-12-14-8-5-9-16(14)10-11-17(12)15(18)13-6-3-2-4-7-13/h2-9,12H,10-11H2,1H3/t12-/m1/s1. The van der Waals surface area contributed by atoms with Crippen molar-refractivity contribution < 1.29 is 4.79 Å². The highest BCUT2D eigenvalue weighted by atomic mass is 16.2. The summed E-state index contributed by atoms with van der Waals surface area (Å²) in [5.74, 6) is 0.121. The van der Waals surface area contributed by atoms with Crippen LogP contribution in [-0.4, -0.2) is 21.9 Å². The molecular weight excluding hydrogens is 224 g/mol. The van der Waals surface area contributed by atoms with E-state index in [0.29, 0.717) is 0 Å². The predicted octanol–water partition coefficient (Wildman–Crippen LogP) is 2.71. The number of benzene rings is 1. The molecule has 0 fully saturated rings. The van der Waals surface area contributed by atoms with Crippen LogP contribution in [0, 0.1) is 0 Å². The number of amides is 1. The Kier molecular flexibility index (Phi) is 2.67. The number of rotatable bonds is 1. The summed E-state index contributed by atoms with van der Waals surface area (Å²) in [5.41, 5.74) is 1.98.